The number of thiophene rings is 1. The van der Waals surface area contributed by atoms with E-state index in [0.717, 1.165) is 13.1 Å². The van der Waals surface area contributed by atoms with Gasteiger partial charge in [-0.2, -0.15) is 0 Å². The van der Waals surface area contributed by atoms with Gasteiger partial charge in [-0.25, -0.2) is 4.39 Å². The molecule has 114 valence electrons. The molecule has 0 amide bonds. The number of rotatable bonds is 8. The smallest absolute Gasteiger partial charge is 0.128 e. The predicted octanol–water partition coefficient (Wildman–Crippen LogP) is 4.35. The van der Waals surface area contributed by atoms with Crippen LogP contribution in [0.4, 0.5) is 4.39 Å². The molecule has 0 saturated carbocycles. The Morgan fingerprint density at radius 1 is 1.10 bits per heavy atom. The van der Waals surface area contributed by atoms with Crippen molar-refractivity contribution in [2.24, 2.45) is 5.92 Å². The molecule has 2 rings (SSSR count). The lowest BCUT2D eigenvalue weighted by Gasteiger charge is -2.05. The summed E-state index contributed by atoms with van der Waals surface area (Å²) < 4.78 is 19.0. The van der Waals surface area contributed by atoms with E-state index in [2.05, 4.69) is 31.3 Å². The molecule has 1 aromatic carbocycles. The van der Waals surface area contributed by atoms with E-state index in [1.807, 2.05) is 6.07 Å². The lowest BCUT2D eigenvalue weighted by Crippen LogP contribution is -2.18. The molecule has 0 atom stereocenters. The third-order valence-corrected chi connectivity index (χ3v) is 4.09. The van der Waals surface area contributed by atoms with Gasteiger partial charge in [0.25, 0.3) is 0 Å². The van der Waals surface area contributed by atoms with E-state index in [0.29, 0.717) is 24.7 Å². The first kappa shape index (κ1) is 16.1. The van der Waals surface area contributed by atoms with Crippen molar-refractivity contribution in [3.63, 3.8) is 0 Å². The fraction of sp³-hybridized carbons (Fsp3) is 0.412. The van der Waals surface area contributed by atoms with Crippen LogP contribution in [0.2, 0.25) is 0 Å². The van der Waals surface area contributed by atoms with Crippen molar-refractivity contribution in [2.45, 2.75) is 33.6 Å². The van der Waals surface area contributed by atoms with E-state index in [9.17, 15) is 4.39 Å². The summed E-state index contributed by atoms with van der Waals surface area (Å²) in [7, 11) is 0. The minimum absolute atomic E-state index is 0.206. The Bertz CT molecular complexity index is 553. The van der Waals surface area contributed by atoms with Gasteiger partial charge in [-0.05, 0) is 30.7 Å². The maximum atomic E-state index is 13.4. The van der Waals surface area contributed by atoms with Gasteiger partial charge in [-0.1, -0.05) is 32.0 Å². The molecule has 0 aliphatic heterocycles. The topological polar surface area (TPSA) is 21.3 Å². The first-order chi connectivity index (χ1) is 10.1. The zero-order chi connectivity index (χ0) is 15.1. The first-order valence-electron chi connectivity index (χ1n) is 7.24. The second-order valence-corrected chi connectivity index (χ2v) is 6.73. The molecule has 0 spiro atoms. The van der Waals surface area contributed by atoms with E-state index in [-0.39, 0.29) is 5.82 Å². The summed E-state index contributed by atoms with van der Waals surface area (Å²) in [5.41, 5.74) is 0.605. The molecule has 0 bridgehead atoms. The van der Waals surface area contributed by atoms with E-state index >= 15 is 0 Å². The standard InChI is InChI=1S/C17H22FNOS/c1-13(2)9-19-10-15-7-8-16(21-15)12-20-11-14-5-3-4-6-17(14)18/h3-8,13,19H,9-12H2,1-2H3. The molecule has 0 aliphatic carbocycles. The van der Waals surface area contributed by atoms with Crippen molar-refractivity contribution in [3.8, 4) is 0 Å². The lowest BCUT2D eigenvalue weighted by atomic mass is 10.2. The Hall–Kier alpha value is -1.23. The van der Waals surface area contributed by atoms with Crippen molar-refractivity contribution in [1.82, 2.24) is 5.32 Å². The van der Waals surface area contributed by atoms with E-state index in [1.165, 1.54) is 15.8 Å². The van der Waals surface area contributed by atoms with Gasteiger partial charge in [-0.15, -0.1) is 11.3 Å². The monoisotopic (exact) mass is 307 g/mol. The van der Waals surface area contributed by atoms with Gasteiger partial charge >= 0.3 is 0 Å². The molecule has 2 aromatic rings. The van der Waals surface area contributed by atoms with Crippen LogP contribution in [-0.4, -0.2) is 6.54 Å². The second-order valence-electron chi connectivity index (χ2n) is 5.48. The normalized spacial score (nSPS) is 11.2. The maximum Gasteiger partial charge on any atom is 0.128 e. The van der Waals surface area contributed by atoms with Crippen molar-refractivity contribution in [3.05, 3.63) is 57.5 Å². The lowest BCUT2D eigenvalue weighted by molar-refractivity contribution is 0.107. The molecule has 1 aromatic heterocycles. The number of halogens is 1. The Balaban J connectivity index is 1.74. The Morgan fingerprint density at radius 3 is 2.62 bits per heavy atom. The van der Waals surface area contributed by atoms with E-state index in [1.54, 1.807) is 23.5 Å². The Kier molecular flexibility index (Phi) is 6.36. The molecule has 0 fully saturated rings. The summed E-state index contributed by atoms with van der Waals surface area (Å²) in [5, 5.41) is 3.42. The van der Waals surface area contributed by atoms with Crippen LogP contribution in [0.25, 0.3) is 0 Å². The minimum Gasteiger partial charge on any atom is -0.371 e. The highest BCUT2D eigenvalue weighted by Crippen LogP contribution is 2.18. The zero-order valence-corrected chi connectivity index (χ0v) is 13.4. The average molecular weight is 307 g/mol. The SMILES string of the molecule is CC(C)CNCc1ccc(COCc2ccccc2F)s1. The summed E-state index contributed by atoms with van der Waals surface area (Å²) in [6, 6.07) is 10.9. The van der Waals surface area contributed by atoms with Gasteiger partial charge < -0.3 is 10.1 Å². The molecular weight excluding hydrogens is 285 g/mol. The molecule has 0 unspecified atom stereocenters. The third kappa shape index (κ3) is 5.58. The average Bonchev–Trinajstić information content (AvgIpc) is 2.88. The van der Waals surface area contributed by atoms with E-state index < -0.39 is 0 Å². The van der Waals surface area contributed by atoms with Gasteiger partial charge in [0.05, 0.1) is 13.2 Å². The predicted molar refractivity (Wildman–Crippen MR) is 85.8 cm³/mol. The number of hydrogen-bond acceptors (Lipinski definition) is 3. The Labute approximate surface area is 130 Å². The molecule has 0 aliphatic rings. The summed E-state index contributed by atoms with van der Waals surface area (Å²) in [5.74, 6) is 0.454. The van der Waals surface area contributed by atoms with Crippen LogP contribution in [0.15, 0.2) is 36.4 Å². The van der Waals surface area contributed by atoms with Crippen LogP contribution in [0.5, 0.6) is 0 Å². The van der Waals surface area contributed by atoms with Crippen molar-refractivity contribution in [1.29, 1.82) is 0 Å². The summed E-state index contributed by atoms with van der Waals surface area (Å²) in [6.45, 7) is 7.16. The van der Waals surface area contributed by atoms with Gasteiger partial charge in [-0.3, -0.25) is 0 Å². The van der Waals surface area contributed by atoms with Gasteiger partial charge in [0.15, 0.2) is 0 Å². The van der Waals surface area contributed by atoms with Crippen LogP contribution in [0.1, 0.15) is 29.2 Å². The molecule has 1 heterocycles. The fourth-order valence-corrected chi connectivity index (χ4v) is 2.88. The molecule has 21 heavy (non-hydrogen) atoms. The highest BCUT2D eigenvalue weighted by molar-refractivity contribution is 7.11. The van der Waals surface area contributed by atoms with Crippen LogP contribution < -0.4 is 5.32 Å². The van der Waals surface area contributed by atoms with Crippen molar-refractivity contribution < 1.29 is 9.13 Å². The van der Waals surface area contributed by atoms with Crippen LogP contribution in [0.3, 0.4) is 0 Å². The van der Waals surface area contributed by atoms with Crippen LogP contribution in [-0.2, 0) is 24.5 Å². The van der Waals surface area contributed by atoms with Gasteiger partial charge in [0.2, 0.25) is 0 Å². The van der Waals surface area contributed by atoms with Gasteiger partial charge in [0, 0.05) is 21.9 Å². The highest BCUT2D eigenvalue weighted by Gasteiger charge is 2.03. The molecule has 2 nitrogen and oxygen atoms in total. The molecular formula is C17H22FNOS. The van der Waals surface area contributed by atoms with Crippen molar-refractivity contribution in [2.75, 3.05) is 6.54 Å². The third-order valence-electron chi connectivity index (χ3n) is 3.03. The minimum atomic E-state index is -0.206. The highest BCUT2D eigenvalue weighted by atomic mass is 32.1. The zero-order valence-electron chi connectivity index (χ0n) is 12.6. The maximum absolute atomic E-state index is 13.4. The Morgan fingerprint density at radius 2 is 1.86 bits per heavy atom. The molecule has 4 heteroatoms. The number of hydrogen-bond donors (Lipinski definition) is 1. The van der Waals surface area contributed by atoms with E-state index in [4.69, 9.17) is 4.74 Å². The number of benzene rings is 1. The quantitative estimate of drug-likeness (QED) is 0.783. The summed E-state index contributed by atoms with van der Waals surface area (Å²) in [6.07, 6.45) is 0. The fourth-order valence-electron chi connectivity index (χ4n) is 1.96. The summed E-state index contributed by atoms with van der Waals surface area (Å²) >= 11 is 1.74. The molecule has 1 N–H and O–H groups in total. The van der Waals surface area contributed by atoms with Crippen LogP contribution >= 0.6 is 11.3 Å². The number of nitrogens with one attached hydrogen (secondary N) is 1. The van der Waals surface area contributed by atoms with Gasteiger partial charge in [0.1, 0.15) is 5.82 Å². The molecule has 0 radical (unpaired) electrons. The van der Waals surface area contributed by atoms with Crippen molar-refractivity contribution >= 4 is 11.3 Å². The first-order valence-corrected chi connectivity index (χ1v) is 8.06. The van der Waals surface area contributed by atoms with Crippen LogP contribution in [0, 0.1) is 11.7 Å². The molecule has 0 saturated heterocycles. The summed E-state index contributed by atoms with van der Waals surface area (Å²) in [4.78, 5) is 2.48. The second kappa shape index (κ2) is 8.27. The largest absolute Gasteiger partial charge is 0.371 e. The number of ether oxygens (including phenoxy) is 1.